The van der Waals surface area contributed by atoms with Gasteiger partial charge in [-0.1, -0.05) is 0 Å². The smallest absolute Gasteiger partial charge is 0.272 e. The molecule has 3 aromatic rings. The highest BCUT2D eigenvalue weighted by molar-refractivity contribution is 7.17. The van der Waals surface area contributed by atoms with Crippen LogP contribution in [0.4, 0.5) is 10.3 Å². The molecule has 0 amide bonds. The van der Waals surface area contributed by atoms with E-state index < -0.39 is 0 Å². The first-order valence-corrected chi connectivity index (χ1v) is 9.87. The Morgan fingerprint density at radius 3 is 2.70 bits per heavy atom. The van der Waals surface area contributed by atoms with E-state index in [-0.39, 0.29) is 17.4 Å². The van der Waals surface area contributed by atoms with Crippen LogP contribution in [0.3, 0.4) is 0 Å². The van der Waals surface area contributed by atoms with Crippen molar-refractivity contribution in [1.82, 2.24) is 9.55 Å². The highest BCUT2D eigenvalue weighted by atomic mass is 32.1. The van der Waals surface area contributed by atoms with Crippen LogP contribution in [-0.4, -0.2) is 35.3 Å². The summed E-state index contributed by atoms with van der Waals surface area (Å²) in [7, 11) is 0. The van der Waals surface area contributed by atoms with Crippen LogP contribution in [0.15, 0.2) is 40.5 Å². The zero-order valence-electron chi connectivity index (χ0n) is 14.8. The summed E-state index contributed by atoms with van der Waals surface area (Å²) in [5.41, 5.74) is 6.69. The lowest BCUT2D eigenvalue weighted by atomic mass is 10.1. The van der Waals surface area contributed by atoms with Gasteiger partial charge in [0.15, 0.2) is 0 Å². The number of piperidine rings is 1. The first-order valence-electron chi connectivity index (χ1n) is 8.99. The maximum atomic E-state index is 13.0. The molecule has 4 rings (SSSR count). The molecule has 0 spiro atoms. The van der Waals surface area contributed by atoms with E-state index in [1.165, 1.54) is 23.5 Å². The second kappa shape index (κ2) is 7.66. The summed E-state index contributed by atoms with van der Waals surface area (Å²) in [6, 6.07) is 7.93. The molecule has 8 heteroatoms. The fourth-order valence-electron chi connectivity index (χ4n) is 3.26. The minimum Gasteiger partial charge on any atom is -0.492 e. The average Bonchev–Trinajstić information content (AvgIpc) is 3.14. The van der Waals surface area contributed by atoms with Crippen molar-refractivity contribution in [2.24, 2.45) is 5.73 Å². The Labute approximate surface area is 160 Å². The average molecular weight is 388 g/mol. The number of hydrogen-bond donors (Lipinski definition) is 1. The van der Waals surface area contributed by atoms with Crippen LogP contribution in [0, 0.1) is 5.82 Å². The molecule has 3 heterocycles. The Morgan fingerprint density at radius 2 is 1.96 bits per heavy atom. The van der Waals surface area contributed by atoms with Gasteiger partial charge in [-0.15, -0.1) is 11.3 Å². The fraction of sp³-hybridized carbons (Fsp3) is 0.368. The van der Waals surface area contributed by atoms with Gasteiger partial charge in [-0.3, -0.25) is 9.36 Å². The summed E-state index contributed by atoms with van der Waals surface area (Å²) < 4.78 is 21.0. The Bertz CT molecular complexity index is 978. The van der Waals surface area contributed by atoms with Crippen LogP contribution in [0.25, 0.3) is 10.2 Å². The monoisotopic (exact) mass is 388 g/mol. The van der Waals surface area contributed by atoms with Crippen LogP contribution in [0.1, 0.15) is 12.8 Å². The van der Waals surface area contributed by atoms with E-state index in [1.54, 1.807) is 16.7 Å². The van der Waals surface area contributed by atoms with E-state index in [2.05, 4.69) is 4.90 Å². The molecular formula is C19H21FN4O2S. The Morgan fingerprint density at radius 1 is 1.22 bits per heavy atom. The minimum absolute atomic E-state index is 0.0532. The van der Waals surface area contributed by atoms with E-state index in [9.17, 15) is 9.18 Å². The highest BCUT2D eigenvalue weighted by Crippen LogP contribution is 2.22. The van der Waals surface area contributed by atoms with Crippen molar-refractivity contribution in [1.29, 1.82) is 0 Å². The predicted molar refractivity (Wildman–Crippen MR) is 105 cm³/mol. The lowest BCUT2D eigenvalue weighted by molar-refractivity contribution is 0.295. The lowest BCUT2D eigenvalue weighted by Crippen LogP contribution is -2.43. The molecular weight excluding hydrogens is 367 g/mol. The van der Waals surface area contributed by atoms with Crippen molar-refractivity contribution in [3.63, 3.8) is 0 Å². The molecule has 6 nitrogen and oxygen atoms in total. The van der Waals surface area contributed by atoms with Gasteiger partial charge in [0.2, 0.25) is 5.95 Å². The zero-order chi connectivity index (χ0) is 18.8. The number of anilines is 1. The van der Waals surface area contributed by atoms with Crippen LogP contribution in [0.2, 0.25) is 0 Å². The summed E-state index contributed by atoms with van der Waals surface area (Å²) in [4.78, 5) is 19.8. The lowest BCUT2D eigenvalue weighted by Gasteiger charge is -2.32. The molecule has 1 aliphatic heterocycles. The Kier molecular flexibility index (Phi) is 5.09. The van der Waals surface area contributed by atoms with Gasteiger partial charge < -0.3 is 15.4 Å². The van der Waals surface area contributed by atoms with Crippen LogP contribution in [-0.2, 0) is 6.54 Å². The van der Waals surface area contributed by atoms with Gasteiger partial charge in [-0.2, -0.15) is 0 Å². The number of benzene rings is 1. The van der Waals surface area contributed by atoms with Crippen molar-refractivity contribution < 1.29 is 9.13 Å². The van der Waals surface area contributed by atoms with Crippen molar-refractivity contribution in [3.8, 4) is 5.75 Å². The second-order valence-corrected chi connectivity index (χ2v) is 7.55. The number of fused-ring (bicyclic) bond motifs is 1. The number of nitrogens with two attached hydrogens (primary N) is 1. The van der Waals surface area contributed by atoms with Crippen molar-refractivity contribution in [2.45, 2.75) is 25.4 Å². The predicted octanol–water partition coefficient (Wildman–Crippen LogP) is 2.60. The van der Waals surface area contributed by atoms with E-state index in [4.69, 9.17) is 15.5 Å². The molecule has 1 fully saturated rings. The summed E-state index contributed by atoms with van der Waals surface area (Å²) in [6.45, 7) is 2.23. The number of hydrogen-bond acceptors (Lipinski definition) is 6. The Balaban J connectivity index is 1.59. The molecule has 0 aliphatic carbocycles. The molecule has 1 saturated heterocycles. The van der Waals surface area contributed by atoms with Crippen LogP contribution in [0.5, 0.6) is 5.75 Å². The molecule has 2 aromatic heterocycles. The number of ether oxygens (including phenoxy) is 1. The van der Waals surface area contributed by atoms with E-state index in [0.29, 0.717) is 29.5 Å². The van der Waals surface area contributed by atoms with Crippen LogP contribution < -0.4 is 20.9 Å². The van der Waals surface area contributed by atoms with Gasteiger partial charge in [0, 0.05) is 19.1 Å². The summed E-state index contributed by atoms with van der Waals surface area (Å²) >= 11 is 1.40. The van der Waals surface area contributed by atoms with Gasteiger partial charge >= 0.3 is 0 Å². The third-order valence-corrected chi connectivity index (χ3v) is 5.66. The molecule has 1 aromatic carbocycles. The van der Waals surface area contributed by atoms with Crippen molar-refractivity contribution in [3.05, 3.63) is 51.9 Å². The highest BCUT2D eigenvalue weighted by Gasteiger charge is 2.22. The largest absolute Gasteiger partial charge is 0.492 e. The van der Waals surface area contributed by atoms with Crippen LogP contribution >= 0.6 is 11.3 Å². The summed E-state index contributed by atoms with van der Waals surface area (Å²) in [5.74, 6) is 0.928. The maximum absolute atomic E-state index is 13.0. The Hall–Kier alpha value is -2.45. The SMILES string of the molecule is NC1CCN(c2nc3ccsc3c(=O)n2CCOc2ccc(F)cc2)CC1. The summed E-state index contributed by atoms with van der Waals surface area (Å²) in [5, 5.41) is 1.88. The van der Waals surface area contributed by atoms with Crippen molar-refractivity contribution in [2.75, 3.05) is 24.6 Å². The molecule has 0 radical (unpaired) electrons. The van der Waals surface area contributed by atoms with E-state index >= 15 is 0 Å². The molecule has 0 saturated carbocycles. The number of thiophene rings is 1. The standard InChI is InChI=1S/C19H21FN4O2S/c20-13-1-3-15(4-2-13)26-11-10-24-18(25)17-16(7-12-27-17)22-19(24)23-8-5-14(21)6-9-23/h1-4,7,12,14H,5-6,8-11,21H2. The van der Waals surface area contributed by atoms with E-state index in [0.717, 1.165) is 31.4 Å². The number of nitrogens with zero attached hydrogens (tertiary/aromatic N) is 3. The molecule has 0 bridgehead atoms. The van der Waals surface area contributed by atoms with Gasteiger partial charge in [-0.25, -0.2) is 9.37 Å². The van der Waals surface area contributed by atoms with Gasteiger partial charge in [-0.05, 0) is 48.6 Å². The van der Waals surface area contributed by atoms with Gasteiger partial charge in [0.1, 0.15) is 22.9 Å². The maximum Gasteiger partial charge on any atom is 0.272 e. The number of rotatable bonds is 5. The third-order valence-electron chi connectivity index (χ3n) is 4.77. The molecule has 0 unspecified atom stereocenters. The number of halogens is 1. The van der Waals surface area contributed by atoms with Gasteiger partial charge in [0.25, 0.3) is 5.56 Å². The number of aromatic nitrogens is 2. The quantitative estimate of drug-likeness (QED) is 0.727. The van der Waals surface area contributed by atoms with Gasteiger partial charge in [0.05, 0.1) is 12.1 Å². The molecule has 27 heavy (non-hydrogen) atoms. The second-order valence-electron chi connectivity index (χ2n) is 6.63. The molecule has 142 valence electrons. The minimum atomic E-state index is -0.309. The molecule has 1 aliphatic rings. The first-order chi connectivity index (χ1) is 13.1. The van der Waals surface area contributed by atoms with Crippen molar-refractivity contribution >= 4 is 27.5 Å². The third kappa shape index (κ3) is 3.81. The first kappa shape index (κ1) is 17.9. The normalized spacial score (nSPS) is 15.4. The summed E-state index contributed by atoms with van der Waals surface area (Å²) in [6.07, 6.45) is 1.76. The topological polar surface area (TPSA) is 73.4 Å². The fourth-order valence-corrected chi connectivity index (χ4v) is 4.04. The zero-order valence-corrected chi connectivity index (χ0v) is 15.6. The molecule has 0 atom stereocenters. The molecule has 2 N–H and O–H groups in total. The van der Waals surface area contributed by atoms with E-state index in [1.807, 2.05) is 11.4 Å².